The molecular weight excluding hydrogens is 180 g/mol. The van der Waals surface area contributed by atoms with Gasteiger partial charge in [-0.1, -0.05) is 18.9 Å². The Bertz CT molecular complexity index is 257. The van der Waals surface area contributed by atoms with E-state index in [9.17, 15) is 0 Å². The summed E-state index contributed by atoms with van der Waals surface area (Å²) in [5.74, 6) is 0.634. The first-order chi connectivity index (χ1) is 6.76. The summed E-state index contributed by atoms with van der Waals surface area (Å²) in [5.41, 5.74) is 5.31. The fourth-order valence-electron chi connectivity index (χ4n) is 1.36. The predicted octanol–water partition coefficient (Wildman–Crippen LogP) is 0.926. The van der Waals surface area contributed by atoms with E-state index in [1.54, 1.807) is 0 Å². The Kier molecular flexibility index (Phi) is 4.39. The second-order valence-corrected chi connectivity index (χ2v) is 3.16. The normalized spacial score (nSPS) is 11.1. The van der Waals surface area contributed by atoms with Crippen molar-refractivity contribution in [3.8, 4) is 0 Å². The van der Waals surface area contributed by atoms with Gasteiger partial charge in [-0.05, 0) is 26.1 Å². The van der Waals surface area contributed by atoms with Gasteiger partial charge >= 0.3 is 6.01 Å². The molecule has 0 saturated carbocycles. The first-order valence-corrected chi connectivity index (χ1v) is 5.06. The number of hydrogen-bond donors (Lipinski definition) is 1. The summed E-state index contributed by atoms with van der Waals surface area (Å²) in [6.45, 7) is 7.56. The molecule has 1 aromatic heterocycles. The number of aromatic nitrogens is 2. The third-order valence-corrected chi connectivity index (χ3v) is 2.24. The lowest BCUT2D eigenvalue weighted by atomic mass is 10.3. The van der Waals surface area contributed by atoms with Crippen LogP contribution in [-0.4, -0.2) is 34.7 Å². The van der Waals surface area contributed by atoms with E-state index in [0.717, 1.165) is 32.5 Å². The highest BCUT2D eigenvalue weighted by molar-refractivity contribution is 5.04. The van der Waals surface area contributed by atoms with E-state index in [0.29, 0.717) is 5.89 Å². The number of nitrogens with zero attached hydrogens (tertiary/aromatic N) is 3. The number of hydrogen-bond acceptors (Lipinski definition) is 5. The highest BCUT2D eigenvalue weighted by Crippen LogP contribution is 2.04. The van der Waals surface area contributed by atoms with Gasteiger partial charge in [0.2, 0.25) is 5.89 Å². The third kappa shape index (κ3) is 3.33. The van der Waals surface area contributed by atoms with Crippen molar-refractivity contribution in [2.75, 3.05) is 25.4 Å². The Morgan fingerprint density at radius 1 is 1.29 bits per heavy atom. The number of aryl methyl sites for hydroxylation is 1. The van der Waals surface area contributed by atoms with Crippen LogP contribution in [0.1, 0.15) is 26.2 Å². The van der Waals surface area contributed by atoms with Crippen LogP contribution in [0, 0.1) is 0 Å². The topological polar surface area (TPSA) is 68.2 Å². The van der Waals surface area contributed by atoms with Gasteiger partial charge in [0.15, 0.2) is 0 Å². The Morgan fingerprint density at radius 2 is 2.00 bits per heavy atom. The van der Waals surface area contributed by atoms with Crippen LogP contribution in [0.4, 0.5) is 6.01 Å². The summed E-state index contributed by atoms with van der Waals surface area (Å²) in [6, 6.07) is 0.155. The van der Waals surface area contributed by atoms with Gasteiger partial charge in [-0.25, -0.2) is 0 Å². The average molecular weight is 198 g/mol. The monoisotopic (exact) mass is 198 g/mol. The Labute approximate surface area is 84.3 Å². The van der Waals surface area contributed by atoms with Gasteiger partial charge in [0.25, 0.3) is 0 Å². The Balaban J connectivity index is 2.21. The van der Waals surface area contributed by atoms with Crippen LogP contribution in [0.25, 0.3) is 0 Å². The summed E-state index contributed by atoms with van der Waals surface area (Å²) < 4.78 is 5.07. The lowest BCUT2D eigenvalue weighted by Crippen LogP contribution is -2.24. The number of nitrogen functional groups attached to an aromatic ring is 1. The molecule has 1 aromatic rings. The molecule has 0 aliphatic heterocycles. The van der Waals surface area contributed by atoms with Crippen molar-refractivity contribution in [1.82, 2.24) is 15.1 Å². The second-order valence-electron chi connectivity index (χ2n) is 3.16. The van der Waals surface area contributed by atoms with Crippen LogP contribution < -0.4 is 5.73 Å². The minimum absolute atomic E-state index is 0.155. The van der Waals surface area contributed by atoms with E-state index in [1.807, 2.05) is 0 Å². The van der Waals surface area contributed by atoms with Crippen molar-refractivity contribution < 1.29 is 4.42 Å². The largest absolute Gasteiger partial charge is 0.408 e. The Morgan fingerprint density at radius 3 is 2.50 bits per heavy atom. The minimum atomic E-state index is 0.155. The van der Waals surface area contributed by atoms with Crippen molar-refractivity contribution in [1.29, 1.82) is 0 Å². The molecule has 14 heavy (non-hydrogen) atoms. The van der Waals surface area contributed by atoms with Crippen molar-refractivity contribution >= 4 is 6.01 Å². The second kappa shape index (κ2) is 5.59. The van der Waals surface area contributed by atoms with E-state index in [2.05, 4.69) is 28.9 Å². The molecule has 0 saturated heterocycles. The SMILES string of the molecule is CCN(CC)CCCc1nnc(N)o1. The molecule has 0 aromatic carbocycles. The van der Waals surface area contributed by atoms with Crippen LogP contribution in [0.5, 0.6) is 0 Å². The van der Waals surface area contributed by atoms with Gasteiger partial charge in [0.05, 0.1) is 0 Å². The van der Waals surface area contributed by atoms with Gasteiger partial charge in [-0.3, -0.25) is 0 Å². The van der Waals surface area contributed by atoms with Crippen molar-refractivity contribution in [2.24, 2.45) is 0 Å². The first-order valence-electron chi connectivity index (χ1n) is 5.06. The molecule has 0 radical (unpaired) electrons. The molecule has 0 spiro atoms. The molecule has 5 nitrogen and oxygen atoms in total. The molecule has 5 heteroatoms. The van der Waals surface area contributed by atoms with Crippen LogP contribution in [-0.2, 0) is 6.42 Å². The van der Waals surface area contributed by atoms with Crippen LogP contribution in [0.15, 0.2) is 4.42 Å². The fraction of sp³-hybridized carbons (Fsp3) is 0.778. The standard InChI is InChI=1S/C9H18N4O/c1-3-13(4-2)7-5-6-8-11-12-9(10)14-8/h3-7H2,1-2H3,(H2,10,12). The fourth-order valence-corrected chi connectivity index (χ4v) is 1.36. The van der Waals surface area contributed by atoms with Gasteiger partial charge in [-0.15, -0.1) is 5.10 Å². The number of anilines is 1. The molecule has 0 unspecified atom stereocenters. The van der Waals surface area contributed by atoms with Crippen LogP contribution >= 0.6 is 0 Å². The molecule has 0 aliphatic carbocycles. The first kappa shape index (κ1) is 11.0. The van der Waals surface area contributed by atoms with E-state index in [-0.39, 0.29) is 6.01 Å². The van der Waals surface area contributed by atoms with E-state index in [4.69, 9.17) is 10.2 Å². The molecular formula is C9H18N4O. The summed E-state index contributed by atoms with van der Waals surface area (Å²) >= 11 is 0. The Hall–Kier alpha value is -1.10. The van der Waals surface area contributed by atoms with Gasteiger partial charge in [0, 0.05) is 6.42 Å². The summed E-state index contributed by atoms with van der Waals surface area (Å²) in [7, 11) is 0. The number of rotatable bonds is 6. The third-order valence-electron chi connectivity index (χ3n) is 2.24. The van der Waals surface area contributed by atoms with E-state index >= 15 is 0 Å². The smallest absolute Gasteiger partial charge is 0.312 e. The summed E-state index contributed by atoms with van der Waals surface area (Å²) in [5, 5.41) is 7.41. The zero-order valence-electron chi connectivity index (χ0n) is 8.86. The van der Waals surface area contributed by atoms with Gasteiger partial charge in [-0.2, -0.15) is 0 Å². The maximum absolute atomic E-state index is 5.31. The summed E-state index contributed by atoms with van der Waals surface area (Å²) in [6.07, 6.45) is 1.84. The maximum Gasteiger partial charge on any atom is 0.312 e. The van der Waals surface area contributed by atoms with Crippen molar-refractivity contribution in [3.63, 3.8) is 0 Å². The van der Waals surface area contributed by atoms with Gasteiger partial charge in [0.1, 0.15) is 0 Å². The minimum Gasteiger partial charge on any atom is -0.408 e. The number of nitrogens with two attached hydrogens (primary N) is 1. The predicted molar refractivity (Wildman–Crippen MR) is 54.8 cm³/mol. The molecule has 2 N–H and O–H groups in total. The highest BCUT2D eigenvalue weighted by Gasteiger charge is 2.04. The van der Waals surface area contributed by atoms with Gasteiger partial charge < -0.3 is 15.1 Å². The van der Waals surface area contributed by atoms with E-state index < -0.39 is 0 Å². The molecule has 0 atom stereocenters. The lowest BCUT2D eigenvalue weighted by Gasteiger charge is -2.16. The molecule has 0 bridgehead atoms. The lowest BCUT2D eigenvalue weighted by molar-refractivity contribution is 0.296. The van der Waals surface area contributed by atoms with Crippen LogP contribution in [0.3, 0.4) is 0 Å². The molecule has 0 aliphatic rings. The van der Waals surface area contributed by atoms with Crippen molar-refractivity contribution in [2.45, 2.75) is 26.7 Å². The average Bonchev–Trinajstić information content (AvgIpc) is 2.59. The molecule has 80 valence electrons. The van der Waals surface area contributed by atoms with Crippen molar-refractivity contribution in [3.05, 3.63) is 5.89 Å². The van der Waals surface area contributed by atoms with Crippen LogP contribution in [0.2, 0.25) is 0 Å². The maximum atomic E-state index is 5.31. The van der Waals surface area contributed by atoms with E-state index in [1.165, 1.54) is 0 Å². The highest BCUT2D eigenvalue weighted by atomic mass is 16.4. The molecule has 1 heterocycles. The molecule has 0 fully saturated rings. The quantitative estimate of drug-likeness (QED) is 0.736. The summed E-state index contributed by atoms with van der Waals surface area (Å²) in [4.78, 5) is 2.36. The molecule has 1 rings (SSSR count). The zero-order chi connectivity index (χ0) is 10.4. The molecule has 0 amide bonds. The zero-order valence-corrected chi connectivity index (χ0v) is 8.86.